The summed E-state index contributed by atoms with van der Waals surface area (Å²) in [7, 11) is 0. The standard InChI is InChI=1S/C13H16N2OS/c1-9-3-11(4-10(2)13(9)16)5-14-6-12-7-15-8-17-12/h3-4,7-8,14,16H,5-6H2,1-2H3. The highest BCUT2D eigenvalue weighted by molar-refractivity contribution is 7.09. The second-order valence-electron chi connectivity index (χ2n) is 4.15. The van der Waals surface area contributed by atoms with E-state index in [0.717, 1.165) is 24.2 Å². The lowest BCUT2D eigenvalue weighted by Crippen LogP contribution is -2.12. The summed E-state index contributed by atoms with van der Waals surface area (Å²) >= 11 is 1.65. The summed E-state index contributed by atoms with van der Waals surface area (Å²) < 4.78 is 0. The van der Waals surface area contributed by atoms with Crippen molar-refractivity contribution in [1.82, 2.24) is 10.3 Å². The van der Waals surface area contributed by atoms with E-state index in [9.17, 15) is 5.11 Å². The highest BCUT2D eigenvalue weighted by atomic mass is 32.1. The predicted molar refractivity (Wildman–Crippen MR) is 70.2 cm³/mol. The Hall–Kier alpha value is -1.39. The van der Waals surface area contributed by atoms with Crippen molar-refractivity contribution in [2.24, 2.45) is 0 Å². The Labute approximate surface area is 105 Å². The van der Waals surface area contributed by atoms with Crippen molar-refractivity contribution in [3.8, 4) is 5.75 Å². The lowest BCUT2D eigenvalue weighted by atomic mass is 10.1. The summed E-state index contributed by atoms with van der Waals surface area (Å²) in [5, 5.41) is 13.0. The van der Waals surface area contributed by atoms with Gasteiger partial charge >= 0.3 is 0 Å². The minimum atomic E-state index is 0.399. The number of aryl methyl sites for hydroxylation is 2. The van der Waals surface area contributed by atoms with Crippen LogP contribution in [0.25, 0.3) is 0 Å². The average molecular weight is 248 g/mol. The molecule has 0 unspecified atom stereocenters. The molecule has 0 bridgehead atoms. The van der Waals surface area contributed by atoms with Crippen molar-refractivity contribution in [2.75, 3.05) is 0 Å². The maximum absolute atomic E-state index is 9.68. The van der Waals surface area contributed by atoms with Crippen LogP contribution < -0.4 is 5.32 Å². The van der Waals surface area contributed by atoms with Gasteiger partial charge in [0, 0.05) is 24.2 Å². The van der Waals surface area contributed by atoms with Gasteiger partial charge in [0.25, 0.3) is 0 Å². The van der Waals surface area contributed by atoms with Crippen LogP contribution in [0.2, 0.25) is 0 Å². The summed E-state index contributed by atoms with van der Waals surface area (Å²) in [4.78, 5) is 5.27. The van der Waals surface area contributed by atoms with Crippen LogP contribution >= 0.6 is 11.3 Å². The maximum atomic E-state index is 9.68. The second kappa shape index (κ2) is 5.29. The van der Waals surface area contributed by atoms with Crippen LogP contribution in [0.15, 0.2) is 23.8 Å². The zero-order valence-electron chi connectivity index (χ0n) is 10.0. The van der Waals surface area contributed by atoms with E-state index in [1.807, 2.05) is 37.7 Å². The Balaban J connectivity index is 1.95. The fourth-order valence-corrected chi connectivity index (χ4v) is 2.37. The van der Waals surface area contributed by atoms with Gasteiger partial charge in [0.2, 0.25) is 0 Å². The molecule has 2 rings (SSSR count). The van der Waals surface area contributed by atoms with Gasteiger partial charge in [-0.3, -0.25) is 4.98 Å². The topological polar surface area (TPSA) is 45.2 Å². The monoisotopic (exact) mass is 248 g/mol. The molecule has 0 amide bonds. The molecular formula is C13H16N2OS. The largest absolute Gasteiger partial charge is 0.507 e. The summed E-state index contributed by atoms with van der Waals surface area (Å²) in [5.74, 6) is 0.399. The quantitative estimate of drug-likeness (QED) is 0.874. The first-order chi connectivity index (χ1) is 8.16. The lowest BCUT2D eigenvalue weighted by molar-refractivity contribution is 0.466. The number of benzene rings is 1. The molecule has 0 aliphatic rings. The second-order valence-corrected chi connectivity index (χ2v) is 5.12. The Morgan fingerprint density at radius 2 is 1.94 bits per heavy atom. The van der Waals surface area contributed by atoms with E-state index in [0.29, 0.717) is 5.75 Å². The van der Waals surface area contributed by atoms with Gasteiger partial charge in [-0.2, -0.15) is 0 Å². The minimum Gasteiger partial charge on any atom is -0.507 e. The van der Waals surface area contributed by atoms with Gasteiger partial charge in [-0.1, -0.05) is 12.1 Å². The van der Waals surface area contributed by atoms with Gasteiger partial charge in [-0.05, 0) is 30.5 Å². The fraction of sp³-hybridized carbons (Fsp3) is 0.308. The number of nitrogens with zero attached hydrogens (tertiary/aromatic N) is 1. The van der Waals surface area contributed by atoms with Crippen LogP contribution in [-0.2, 0) is 13.1 Å². The van der Waals surface area contributed by atoms with Crippen LogP contribution in [0, 0.1) is 13.8 Å². The predicted octanol–water partition coefficient (Wildman–Crippen LogP) is 2.76. The molecule has 1 aromatic heterocycles. The van der Waals surface area contributed by atoms with E-state index in [2.05, 4.69) is 10.3 Å². The van der Waals surface area contributed by atoms with Gasteiger partial charge in [0.1, 0.15) is 5.75 Å². The normalized spacial score (nSPS) is 10.7. The molecule has 0 atom stereocenters. The molecule has 2 N–H and O–H groups in total. The van der Waals surface area contributed by atoms with E-state index >= 15 is 0 Å². The van der Waals surface area contributed by atoms with Gasteiger partial charge < -0.3 is 10.4 Å². The number of phenolic OH excluding ortho intramolecular Hbond substituents is 1. The molecule has 0 aliphatic carbocycles. The molecule has 0 saturated heterocycles. The zero-order valence-corrected chi connectivity index (χ0v) is 10.8. The molecule has 0 radical (unpaired) electrons. The molecule has 1 heterocycles. The van der Waals surface area contributed by atoms with Crippen molar-refractivity contribution in [3.63, 3.8) is 0 Å². The fourth-order valence-electron chi connectivity index (χ4n) is 1.81. The highest BCUT2D eigenvalue weighted by Gasteiger charge is 2.03. The van der Waals surface area contributed by atoms with Crippen molar-refractivity contribution in [1.29, 1.82) is 0 Å². The Kier molecular flexibility index (Phi) is 3.76. The molecule has 17 heavy (non-hydrogen) atoms. The number of aromatic hydroxyl groups is 1. The van der Waals surface area contributed by atoms with E-state index in [4.69, 9.17) is 0 Å². The van der Waals surface area contributed by atoms with Crippen molar-refractivity contribution < 1.29 is 5.11 Å². The van der Waals surface area contributed by atoms with Gasteiger partial charge in [0.05, 0.1) is 5.51 Å². The average Bonchev–Trinajstić information content (AvgIpc) is 2.79. The third-order valence-corrected chi connectivity index (χ3v) is 3.44. The van der Waals surface area contributed by atoms with E-state index in [1.54, 1.807) is 11.3 Å². The van der Waals surface area contributed by atoms with Crippen LogP contribution in [0.3, 0.4) is 0 Å². The number of hydrogen-bond donors (Lipinski definition) is 2. The summed E-state index contributed by atoms with van der Waals surface area (Å²) in [5.41, 5.74) is 4.90. The summed E-state index contributed by atoms with van der Waals surface area (Å²) in [6.45, 7) is 5.49. The first kappa shape index (κ1) is 12.1. The van der Waals surface area contributed by atoms with Crippen LogP contribution in [0.1, 0.15) is 21.6 Å². The lowest BCUT2D eigenvalue weighted by Gasteiger charge is -2.08. The Bertz CT molecular complexity index is 471. The Morgan fingerprint density at radius 1 is 1.24 bits per heavy atom. The SMILES string of the molecule is Cc1cc(CNCc2cncs2)cc(C)c1O. The number of thiazole rings is 1. The van der Waals surface area contributed by atoms with E-state index < -0.39 is 0 Å². The van der Waals surface area contributed by atoms with Crippen LogP contribution in [0.4, 0.5) is 0 Å². The molecule has 90 valence electrons. The van der Waals surface area contributed by atoms with Crippen LogP contribution in [-0.4, -0.2) is 10.1 Å². The molecular weight excluding hydrogens is 232 g/mol. The van der Waals surface area contributed by atoms with Crippen molar-refractivity contribution in [3.05, 3.63) is 45.4 Å². The summed E-state index contributed by atoms with van der Waals surface area (Å²) in [6, 6.07) is 4.03. The molecule has 1 aromatic carbocycles. The maximum Gasteiger partial charge on any atom is 0.121 e. The van der Waals surface area contributed by atoms with Gasteiger partial charge in [-0.15, -0.1) is 11.3 Å². The van der Waals surface area contributed by atoms with Gasteiger partial charge in [0.15, 0.2) is 0 Å². The van der Waals surface area contributed by atoms with Crippen molar-refractivity contribution >= 4 is 11.3 Å². The number of hydrogen-bond acceptors (Lipinski definition) is 4. The number of aromatic nitrogens is 1. The molecule has 4 heteroatoms. The van der Waals surface area contributed by atoms with Gasteiger partial charge in [-0.25, -0.2) is 0 Å². The smallest absolute Gasteiger partial charge is 0.121 e. The summed E-state index contributed by atoms with van der Waals surface area (Å²) in [6.07, 6.45) is 1.88. The first-order valence-corrected chi connectivity index (χ1v) is 6.42. The minimum absolute atomic E-state index is 0.399. The number of nitrogens with one attached hydrogen (secondary N) is 1. The van der Waals surface area contributed by atoms with Crippen molar-refractivity contribution in [2.45, 2.75) is 26.9 Å². The zero-order chi connectivity index (χ0) is 12.3. The Morgan fingerprint density at radius 3 is 2.53 bits per heavy atom. The number of rotatable bonds is 4. The molecule has 3 nitrogen and oxygen atoms in total. The number of phenols is 1. The molecule has 0 spiro atoms. The third-order valence-electron chi connectivity index (χ3n) is 2.66. The van der Waals surface area contributed by atoms with E-state index in [-0.39, 0.29) is 0 Å². The first-order valence-electron chi connectivity index (χ1n) is 5.54. The highest BCUT2D eigenvalue weighted by Crippen LogP contribution is 2.22. The molecule has 0 saturated carbocycles. The van der Waals surface area contributed by atoms with E-state index in [1.165, 1.54) is 10.4 Å². The molecule has 0 aliphatic heterocycles. The van der Waals surface area contributed by atoms with Crippen LogP contribution in [0.5, 0.6) is 5.75 Å². The third kappa shape index (κ3) is 3.05. The molecule has 2 aromatic rings. The molecule has 0 fully saturated rings.